The largest absolute Gasteiger partial charge is 0.480 e. The third-order valence-corrected chi connectivity index (χ3v) is 3.18. The maximum Gasteiger partial charge on any atom is 0.325 e. The maximum absolute atomic E-state index is 13.9. The summed E-state index contributed by atoms with van der Waals surface area (Å²) in [5.74, 6) is -5.96. The molecule has 0 unspecified atom stereocenters. The second kappa shape index (κ2) is 9.30. The van der Waals surface area contributed by atoms with Gasteiger partial charge in [0, 0.05) is 36.7 Å². The smallest absolute Gasteiger partial charge is 0.325 e. The minimum absolute atomic E-state index is 0.120. The predicted molar refractivity (Wildman–Crippen MR) is 92.5 cm³/mol. The van der Waals surface area contributed by atoms with Gasteiger partial charge in [-0.1, -0.05) is 0 Å². The number of halogens is 4. The number of allylic oxidation sites excluding steroid dienone is 1. The van der Waals surface area contributed by atoms with E-state index in [9.17, 15) is 22.4 Å². The van der Waals surface area contributed by atoms with Crippen LogP contribution in [0.5, 0.6) is 0 Å². The van der Waals surface area contributed by atoms with E-state index in [0.29, 0.717) is 12.1 Å². The van der Waals surface area contributed by atoms with Crippen LogP contribution in [0.25, 0.3) is 0 Å². The zero-order valence-corrected chi connectivity index (χ0v) is 14.1. The molecular formula is C16H14F4N6O2. The summed E-state index contributed by atoms with van der Waals surface area (Å²) in [6.45, 7) is -1.00. The Hall–Kier alpha value is -3.70. The monoisotopic (exact) mass is 398 g/mol. The number of carboxylic acids is 1. The van der Waals surface area contributed by atoms with Crippen molar-refractivity contribution in [3.05, 3.63) is 59.1 Å². The Labute approximate surface area is 155 Å². The van der Waals surface area contributed by atoms with Gasteiger partial charge >= 0.3 is 5.97 Å². The molecule has 1 aromatic heterocycles. The average Bonchev–Trinajstić information content (AvgIpc) is 2.62. The van der Waals surface area contributed by atoms with E-state index in [1.54, 1.807) is 0 Å². The SMILES string of the molecule is NC=C(C=NCC(=O)O)Nc1ncc(F)c(NCc2c(F)cc(F)cc2F)n1. The van der Waals surface area contributed by atoms with Gasteiger partial charge in [0.25, 0.3) is 0 Å². The number of hydrogen-bond acceptors (Lipinski definition) is 7. The zero-order chi connectivity index (χ0) is 20.7. The molecule has 1 heterocycles. The first-order chi connectivity index (χ1) is 13.3. The van der Waals surface area contributed by atoms with E-state index < -0.39 is 47.9 Å². The number of nitrogens with two attached hydrogens (primary N) is 1. The van der Waals surface area contributed by atoms with Crippen LogP contribution in [-0.4, -0.2) is 33.8 Å². The molecule has 0 spiro atoms. The summed E-state index contributed by atoms with van der Waals surface area (Å²) in [5, 5.41) is 13.5. The first-order valence-corrected chi connectivity index (χ1v) is 7.60. The fourth-order valence-corrected chi connectivity index (χ4v) is 1.93. The van der Waals surface area contributed by atoms with Crippen molar-refractivity contribution in [3.8, 4) is 0 Å². The van der Waals surface area contributed by atoms with E-state index >= 15 is 0 Å². The van der Waals surface area contributed by atoms with E-state index in [4.69, 9.17) is 10.8 Å². The van der Waals surface area contributed by atoms with Gasteiger partial charge in [-0.25, -0.2) is 22.5 Å². The van der Waals surface area contributed by atoms with Gasteiger partial charge in [-0.05, 0) is 0 Å². The molecule has 0 atom stereocenters. The van der Waals surface area contributed by atoms with E-state index in [1.807, 2.05) is 0 Å². The molecule has 0 bridgehead atoms. The molecule has 0 saturated heterocycles. The summed E-state index contributed by atoms with van der Waals surface area (Å²) >= 11 is 0. The number of anilines is 2. The molecule has 2 aromatic rings. The highest BCUT2D eigenvalue weighted by atomic mass is 19.1. The van der Waals surface area contributed by atoms with Crippen molar-refractivity contribution in [1.82, 2.24) is 9.97 Å². The van der Waals surface area contributed by atoms with Crippen LogP contribution in [0.1, 0.15) is 5.56 Å². The second-order valence-corrected chi connectivity index (χ2v) is 5.20. The molecule has 0 fully saturated rings. The van der Waals surface area contributed by atoms with Gasteiger partial charge in [-0.3, -0.25) is 9.79 Å². The van der Waals surface area contributed by atoms with Crippen molar-refractivity contribution < 1.29 is 27.5 Å². The number of carboxylic acid groups (broad SMARTS) is 1. The van der Waals surface area contributed by atoms with Gasteiger partial charge < -0.3 is 21.5 Å². The fourth-order valence-electron chi connectivity index (χ4n) is 1.93. The lowest BCUT2D eigenvalue weighted by Gasteiger charge is -2.10. The molecule has 28 heavy (non-hydrogen) atoms. The third-order valence-electron chi connectivity index (χ3n) is 3.18. The highest BCUT2D eigenvalue weighted by Gasteiger charge is 2.13. The van der Waals surface area contributed by atoms with Gasteiger partial charge in [0.2, 0.25) is 5.95 Å². The van der Waals surface area contributed by atoms with Crippen molar-refractivity contribution in [1.29, 1.82) is 0 Å². The van der Waals surface area contributed by atoms with E-state index in [-0.39, 0.29) is 17.5 Å². The van der Waals surface area contributed by atoms with Gasteiger partial charge in [0.15, 0.2) is 11.6 Å². The minimum Gasteiger partial charge on any atom is -0.480 e. The molecule has 1 aromatic carbocycles. The Kier molecular flexibility index (Phi) is 6.84. The number of nitrogens with one attached hydrogen (secondary N) is 2. The Morgan fingerprint density at radius 2 is 1.89 bits per heavy atom. The molecule has 0 amide bonds. The lowest BCUT2D eigenvalue weighted by molar-refractivity contribution is -0.135. The predicted octanol–water partition coefficient (Wildman–Crippen LogP) is 2.01. The summed E-state index contributed by atoms with van der Waals surface area (Å²) in [6.07, 6.45) is 2.95. The van der Waals surface area contributed by atoms with Crippen molar-refractivity contribution in [3.63, 3.8) is 0 Å². The van der Waals surface area contributed by atoms with Crippen molar-refractivity contribution in [2.75, 3.05) is 17.2 Å². The van der Waals surface area contributed by atoms with Gasteiger partial charge in [-0.15, -0.1) is 0 Å². The Morgan fingerprint density at radius 1 is 1.21 bits per heavy atom. The highest BCUT2D eigenvalue weighted by Crippen LogP contribution is 2.18. The number of rotatable bonds is 8. The van der Waals surface area contributed by atoms with Gasteiger partial charge in [-0.2, -0.15) is 4.98 Å². The minimum atomic E-state index is -1.16. The molecule has 0 aliphatic heterocycles. The average molecular weight is 398 g/mol. The topological polar surface area (TPSA) is 126 Å². The van der Waals surface area contributed by atoms with Crippen LogP contribution in [0.3, 0.4) is 0 Å². The van der Waals surface area contributed by atoms with E-state index in [0.717, 1.165) is 18.6 Å². The maximum atomic E-state index is 13.9. The van der Waals surface area contributed by atoms with Crippen LogP contribution in [0.4, 0.5) is 29.3 Å². The number of benzene rings is 1. The highest BCUT2D eigenvalue weighted by molar-refractivity contribution is 5.83. The molecule has 0 saturated carbocycles. The number of aliphatic carboxylic acids is 1. The first kappa shape index (κ1) is 20.6. The number of hydrogen-bond donors (Lipinski definition) is 4. The summed E-state index contributed by atoms with van der Waals surface area (Å²) in [7, 11) is 0. The van der Waals surface area contributed by atoms with E-state index in [1.165, 1.54) is 0 Å². The van der Waals surface area contributed by atoms with Gasteiger partial charge in [0.1, 0.15) is 24.0 Å². The number of aliphatic imine (C=N–C) groups is 1. The van der Waals surface area contributed by atoms with Crippen molar-refractivity contribution >= 4 is 24.0 Å². The van der Waals surface area contributed by atoms with Crippen LogP contribution < -0.4 is 16.4 Å². The van der Waals surface area contributed by atoms with Crippen molar-refractivity contribution in [2.24, 2.45) is 10.7 Å². The van der Waals surface area contributed by atoms with Crippen LogP contribution in [0.15, 0.2) is 35.2 Å². The molecule has 8 nitrogen and oxygen atoms in total. The molecule has 12 heteroatoms. The lowest BCUT2D eigenvalue weighted by Crippen LogP contribution is -2.12. The first-order valence-electron chi connectivity index (χ1n) is 7.60. The number of carbonyl (C=O) groups is 1. The van der Waals surface area contributed by atoms with Crippen LogP contribution in [-0.2, 0) is 11.3 Å². The lowest BCUT2D eigenvalue weighted by atomic mass is 10.2. The Balaban J connectivity index is 2.13. The van der Waals surface area contributed by atoms with Crippen molar-refractivity contribution in [2.45, 2.75) is 6.54 Å². The molecule has 148 valence electrons. The Bertz CT molecular complexity index is 912. The molecule has 0 aliphatic rings. The molecule has 2 rings (SSSR count). The van der Waals surface area contributed by atoms with E-state index in [2.05, 4.69) is 25.6 Å². The molecule has 0 radical (unpaired) electrons. The summed E-state index contributed by atoms with van der Waals surface area (Å²) in [5.41, 5.74) is 4.98. The Morgan fingerprint density at radius 3 is 2.50 bits per heavy atom. The zero-order valence-electron chi connectivity index (χ0n) is 14.1. The normalized spacial score (nSPS) is 11.6. The van der Waals surface area contributed by atoms with Gasteiger partial charge in [0.05, 0.1) is 11.9 Å². The summed E-state index contributed by atoms with van der Waals surface area (Å²) in [6, 6.07) is 0.996. The fraction of sp³-hybridized carbons (Fsp3) is 0.125. The standard InChI is InChI=1S/C16H14F4N6O2/c17-8-1-11(18)10(12(19)2-8)5-23-15-13(20)6-24-16(26-15)25-9(3-21)4-22-7-14(27)28/h1-4,6H,5,7,21H2,(H,27,28)(H2,23,24,25,26). The quantitative estimate of drug-likeness (QED) is 0.396. The molecule has 5 N–H and O–H groups in total. The van der Waals surface area contributed by atoms with Crippen LogP contribution >= 0.6 is 0 Å². The summed E-state index contributed by atoms with van der Waals surface area (Å²) < 4.78 is 54.1. The molecule has 0 aliphatic carbocycles. The second-order valence-electron chi connectivity index (χ2n) is 5.20. The molecular weight excluding hydrogens is 384 g/mol. The number of aromatic nitrogens is 2. The number of nitrogens with zero attached hydrogens (tertiary/aromatic N) is 3. The van der Waals surface area contributed by atoms with Crippen LogP contribution in [0.2, 0.25) is 0 Å². The van der Waals surface area contributed by atoms with Crippen LogP contribution in [0, 0.1) is 23.3 Å². The third kappa shape index (κ3) is 5.65. The summed E-state index contributed by atoms with van der Waals surface area (Å²) in [4.78, 5) is 21.5.